The highest BCUT2D eigenvalue weighted by Crippen LogP contribution is 2.31. The van der Waals surface area contributed by atoms with Gasteiger partial charge in [0.05, 0.1) is 5.56 Å². The van der Waals surface area contributed by atoms with Gasteiger partial charge in [-0.15, -0.1) is 0 Å². The number of nitriles is 1. The Bertz CT molecular complexity index is 760. The summed E-state index contributed by atoms with van der Waals surface area (Å²) in [5.41, 5.74) is 3.43. The normalized spacial score (nSPS) is 13.0. The van der Waals surface area contributed by atoms with Gasteiger partial charge in [0, 0.05) is 12.1 Å². The van der Waals surface area contributed by atoms with Gasteiger partial charge in [0.1, 0.15) is 17.6 Å². The minimum Gasteiger partial charge on any atom is -0.456 e. The predicted molar refractivity (Wildman–Crippen MR) is 79.4 cm³/mol. The zero-order valence-electron chi connectivity index (χ0n) is 11.6. The minimum atomic E-state index is 0.0432. The fourth-order valence-corrected chi connectivity index (χ4v) is 2.36. The number of rotatable bonds is 2. The molecule has 4 heteroatoms. The lowest BCUT2D eigenvalue weighted by molar-refractivity contribution is -0.116. The SMILES string of the molecule is Cc1ccc(C#N)c(Oc2ccc3c(c2)CCC(=O)N3)c1. The molecular weight excluding hydrogens is 264 g/mol. The average Bonchev–Trinajstić information content (AvgIpc) is 2.48. The highest BCUT2D eigenvalue weighted by Gasteiger charge is 2.15. The predicted octanol–water partition coefficient (Wildman–Crippen LogP) is 3.54. The molecule has 0 saturated carbocycles. The van der Waals surface area contributed by atoms with E-state index in [1.807, 2.05) is 31.2 Å². The Kier molecular flexibility index (Phi) is 3.33. The second kappa shape index (κ2) is 5.29. The van der Waals surface area contributed by atoms with Crippen molar-refractivity contribution in [3.63, 3.8) is 0 Å². The lowest BCUT2D eigenvalue weighted by Crippen LogP contribution is -2.18. The Labute approximate surface area is 123 Å². The molecule has 1 aliphatic heterocycles. The zero-order valence-corrected chi connectivity index (χ0v) is 11.6. The van der Waals surface area contributed by atoms with E-state index in [1.165, 1.54) is 0 Å². The molecule has 0 saturated heterocycles. The summed E-state index contributed by atoms with van der Waals surface area (Å²) >= 11 is 0. The van der Waals surface area contributed by atoms with Gasteiger partial charge in [0.15, 0.2) is 0 Å². The number of fused-ring (bicyclic) bond motifs is 1. The first kappa shape index (κ1) is 13.2. The Balaban J connectivity index is 1.91. The van der Waals surface area contributed by atoms with E-state index >= 15 is 0 Å². The lowest BCUT2D eigenvalue weighted by Gasteiger charge is -2.18. The van der Waals surface area contributed by atoms with Crippen molar-refractivity contribution in [2.45, 2.75) is 19.8 Å². The molecule has 1 heterocycles. The Hall–Kier alpha value is -2.80. The summed E-state index contributed by atoms with van der Waals surface area (Å²) < 4.78 is 5.84. The number of carbonyl (C=O) groups excluding carboxylic acids is 1. The maximum Gasteiger partial charge on any atom is 0.224 e. The third kappa shape index (κ3) is 2.72. The van der Waals surface area contributed by atoms with Crippen molar-refractivity contribution in [3.05, 3.63) is 53.1 Å². The highest BCUT2D eigenvalue weighted by atomic mass is 16.5. The van der Waals surface area contributed by atoms with Gasteiger partial charge in [-0.2, -0.15) is 5.26 Å². The quantitative estimate of drug-likeness (QED) is 0.913. The van der Waals surface area contributed by atoms with Gasteiger partial charge in [-0.05, 0) is 54.8 Å². The van der Waals surface area contributed by atoms with Crippen molar-refractivity contribution in [2.75, 3.05) is 5.32 Å². The maximum absolute atomic E-state index is 11.3. The van der Waals surface area contributed by atoms with Crippen LogP contribution in [-0.2, 0) is 11.2 Å². The van der Waals surface area contributed by atoms with E-state index in [0.717, 1.165) is 16.8 Å². The van der Waals surface area contributed by atoms with Crippen molar-refractivity contribution in [1.29, 1.82) is 5.26 Å². The van der Waals surface area contributed by atoms with Crippen LogP contribution < -0.4 is 10.1 Å². The van der Waals surface area contributed by atoms with Crippen LogP contribution in [0.1, 0.15) is 23.1 Å². The highest BCUT2D eigenvalue weighted by molar-refractivity contribution is 5.94. The Morgan fingerprint density at radius 1 is 1.19 bits per heavy atom. The number of hydrogen-bond acceptors (Lipinski definition) is 3. The first-order valence-corrected chi connectivity index (χ1v) is 6.77. The van der Waals surface area contributed by atoms with E-state index in [2.05, 4.69) is 11.4 Å². The van der Waals surface area contributed by atoms with Crippen LogP contribution in [0.2, 0.25) is 0 Å². The van der Waals surface area contributed by atoms with Crippen molar-refractivity contribution in [1.82, 2.24) is 0 Å². The van der Waals surface area contributed by atoms with E-state index in [1.54, 1.807) is 12.1 Å². The molecule has 0 bridgehead atoms. The molecule has 1 amide bonds. The van der Waals surface area contributed by atoms with Crippen LogP contribution in [0.5, 0.6) is 11.5 Å². The molecular formula is C17H14N2O2. The van der Waals surface area contributed by atoms with E-state index in [9.17, 15) is 4.79 Å². The van der Waals surface area contributed by atoms with Crippen molar-refractivity contribution >= 4 is 11.6 Å². The van der Waals surface area contributed by atoms with Crippen LogP contribution in [0, 0.1) is 18.3 Å². The number of nitrogens with one attached hydrogen (secondary N) is 1. The third-order valence-corrected chi connectivity index (χ3v) is 3.46. The number of benzene rings is 2. The number of nitrogens with zero attached hydrogens (tertiary/aromatic N) is 1. The number of aryl methyl sites for hydroxylation is 2. The summed E-state index contributed by atoms with van der Waals surface area (Å²) in [5.74, 6) is 1.27. The topological polar surface area (TPSA) is 62.1 Å². The smallest absolute Gasteiger partial charge is 0.224 e. The first-order valence-electron chi connectivity index (χ1n) is 6.77. The van der Waals surface area contributed by atoms with Gasteiger partial charge < -0.3 is 10.1 Å². The van der Waals surface area contributed by atoms with Crippen LogP contribution in [-0.4, -0.2) is 5.91 Å². The van der Waals surface area contributed by atoms with Crippen LogP contribution in [0.4, 0.5) is 5.69 Å². The van der Waals surface area contributed by atoms with Gasteiger partial charge in [-0.3, -0.25) is 4.79 Å². The number of anilines is 1. The Morgan fingerprint density at radius 3 is 2.86 bits per heavy atom. The number of hydrogen-bond donors (Lipinski definition) is 1. The molecule has 0 aromatic heterocycles. The van der Waals surface area contributed by atoms with Crippen LogP contribution in [0.15, 0.2) is 36.4 Å². The van der Waals surface area contributed by atoms with Gasteiger partial charge in [-0.1, -0.05) is 6.07 Å². The average molecular weight is 278 g/mol. The largest absolute Gasteiger partial charge is 0.456 e. The molecule has 104 valence electrons. The fraction of sp³-hybridized carbons (Fsp3) is 0.176. The molecule has 0 radical (unpaired) electrons. The summed E-state index contributed by atoms with van der Waals surface area (Å²) in [6.45, 7) is 1.95. The molecule has 2 aromatic carbocycles. The molecule has 4 nitrogen and oxygen atoms in total. The number of carbonyl (C=O) groups is 1. The second-order valence-electron chi connectivity index (χ2n) is 5.08. The summed E-state index contributed by atoms with van der Waals surface area (Å²) in [6.07, 6.45) is 1.20. The standard InChI is InChI=1S/C17H14N2O2/c1-11-2-3-13(10-18)16(8-11)21-14-5-6-15-12(9-14)4-7-17(20)19-15/h2-3,5-6,8-9H,4,7H2,1H3,(H,19,20). The van der Waals surface area contributed by atoms with Gasteiger partial charge in [-0.25, -0.2) is 0 Å². The molecule has 0 atom stereocenters. The molecule has 3 rings (SSSR count). The first-order chi connectivity index (χ1) is 10.2. The van der Waals surface area contributed by atoms with Crippen LogP contribution in [0.3, 0.4) is 0 Å². The monoisotopic (exact) mass is 278 g/mol. The molecule has 2 aromatic rings. The molecule has 1 aliphatic rings. The van der Waals surface area contributed by atoms with Crippen LogP contribution in [0.25, 0.3) is 0 Å². The molecule has 0 fully saturated rings. The van der Waals surface area contributed by atoms with Gasteiger partial charge in [0.25, 0.3) is 0 Å². The summed E-state index contributed by atoms with van der Waals surface area (Å²) in [4.78, 5) is 11.3. The molecule has 0 unspecified atom stereocenters. The van der Waals surface area contributed by atoms with E-state index in [4.69, 9.17) is 10.00 Å². The summed E-state index contributed by atoms with van der Waals surface area (Å²) in [5, 5.41) is 12.0. The molecule has 21 heavy (non-hydrogen) atoms. The van der Waals surface area contributed by atoms with Gasteiger partial charge >= 0.3 is 0 Å². The zero-order chi connectivity index (χ0) is 14.8. The third-order valence-electron chi connectivity index (χ3n) is 3.46. The van der Waals surface area contributed by atoms with Gasteiger partial charge in [0.2, 0.25) is 5.91 Å². The van der Waals surface area contributed by atoms with Crippen molar-refractivity contribution in [3.8, 4) is 17.6 Å². The summed E-state index contributed by atoms with van der Waals surface area (Å²) in [7, 11) is 0. The number of ether oxygens (including phenoxy) is 1. The number of amides is 1. The van der Waals surface area contributed by atoms with Crippen molar-refractivity contribution in [2.24, 2.45) is 0 Å². The minimum absolute atomic E-state index is 0.0432. The second-order valence-corrected chi connectivity index (χ2v) is 5.08. The Morgan fingerprint density at radius 2 is 2.05 bits per heavy atom. The molecule has 0 spiro atoms. The van der Waals surface area contributed by atoms with E-state index in [-0.39, 0.29) is 5.91 Å². The van der Waals surface area contributed by atoms with Crippen molar-refractivity contribution < 1.29 is 9.53 Å². The lowest BCUT2D eigenvalue weighted by atomic mass is 10.0. The van der Waals surface area contributed by atoms with Crippen LogP contribution >= 0.6 is 0 Å². The fourth-order valence-electron chi connectivity index (χ4n) is 2.36. The van der Waals surface area contributed by atoms with E-state index in [0.29, 0.717) is 29.9 Å². The van der Waals surface area contributed by atoms with E-state index < -0.39 is 0 Å². The summed E-state index contributed by atoms with van der Waals surface area (Å²) in [6, 6.07) is 13.2. The maximum atomic E-state index is 11.3. The molecule has 0 aliphatic carbocycles. The molecule has 1 N–H and O–H groups in total.